The molecule has 2 bridgehead atoms. The van der Waals surface area contributed by atoms with E-state index in [-0.39, 0.29) is 17.5 Å². The van der Waals surface area contributed by atoms with Crippen LogP contribution in [0.25, 0.3) is 10.1 Å². The van der Waals surface area contributed by atoms with Crippen molar-refractivity contribution in [3.05, 3.63) is 34.7 Å². The minimum atomic E-state index is 0.0622. The molecule has 4 heteroatoms. The summed E-state index contributed by atoms with van der Waals surface area (Å²) in [4.78, 5) is 16.4. The van der Waals surface area contributed by atoms with Gasteiger partial charge in [0.1, 0.15) is 0 Å². The van der Waals surface area contributed by atoms with Crippen LogP contribution in [0.15, 0.2) is 24.3 Å². The lowest BCUT2D eigenvalue weighted by atomic mass is 9.72. The molecule has 3 nitrogen and oxygen atoms in total. The van der Waals surface area contributed by atoms with Crippen molar-refractivity contribution >= 4 is 27.3 Å². The van der Waals surface area contributed by atoms with Crippen molar-refractivity contribution in [1.82, 2.24) is 10.2 Å². The summed E-state index contributed by atoms with van der Waals surface area (Å²) >= 11 is 1.68. The number of carbonyl (C=O) groups excluding carboxylic acids is 1. The summed E-state index contributed by atoms with van der Waals surface area (Å²) in [7, 11) is 0. The Morgan fingerprint density at radius 1 is 1.20 bits per heavy atom. The van der Waals surface area contributed by atoms with Gasteiger partial charge < -0.3 is 5.32 Å². The molecule has 1 aliphatic carbocycles. The molecule has 2 aromatic rings. The number of hydrogen-bond acceptors (Lipinski definition) is 3. The van der Waals surface area contributed by atoms with Gasteiger partial charge in [0.05, 0.1) is 4.88 Å². The number of nitrogens with zero attached hydrogens (tertiary/aromatic N) is 1. The average molecular weight is 355 g/mol. The molecule has 1 N–H and O–H groups in total. The van der Waals surface area contributed by atoms with E-state index in [1.54, 1.807) is 11.3 Å². The standard InChI is InChI=1S/C21H26N2OS/c1-21(2)19(14-8-10-23(21)11-9-14)22-20(24)17-12-15-4-3-5-16(13-6-7-13)18(15)25-17/h3-5,12-14,19H,6-11H2,1-2H3,(H,22,24). The summed E-state index contributed by atoms with van der Waals surface area (Å²) in [6.45, 7) is 6.94. The Kier molecular flexibility index (Phi) is 3.52. The minimum Gasteiger partial charge on any atom is -0.346 e. The number of hydrogen-bond donors (Lipinski definition) is 1. The minimum absolute atomic E-state index is 0.0622. The van der Waals surface area contributed by atoms with Gasteiger partial charge in [0.25, 0.3) is 5.91 Å². The van der Waals surface area contributed by atoms with Gasteiger partial charge in [-0.3, -0.25) is 9.69 Å². The van der Waals surface area contributed by atoms with Crippen molar-refractivity contribution in [3.63, 3.8) is 0 Å². The van der Waals surface area contributed by atoms with Crippen molar-refractivity contribution in [1.29, 1.82) is 0 Å². The van der Waals surface area contributed by atoms with Crippen LogP contribution in [0.4, 0.5) is 0 Å². The molecule has 1 amide bonds. The maximum Gasteiger partial charge on any atom is 0.261 e. The number of benzene rings is 1. The number of nitrogens with one attached hydrogen (secondary N) is 1. The topological polar surface area (TPSA) is 32.3 Å². The zero-order valence-corrected chi connectivity index (χ0v) is 15.9. The molecule has 6 rings (SSSR count). The van der Waals surface area contributed by atoms with Crippen LogP contribution in [0.2, 0.25) is 0 Å². The second kappa shape index (κ2) is 5.55. The third-order valence-electron chi connectivity index (χ3n) is 6.69. The number of thiophene rings is 1. The summed E-state index contributed by atoms with van der Waals surface area (Å²) < 4.78 is 1.32. The smallest absolute Gasteiger partial charge is 0.261 e. The first-order chi connectivity index (χ1) is 12.0. The molecular weight excluding hydrogens is 328 g/mol. The molecule has 132 valence electrons. The number of amides is 1. The molecule has 3 aliphatic heterocycles. The van der Waals surface area contributed by atoms with Crippen molar-refractivity contribution in [2.75, 3.05) is 13.1 Å². The van der Waals surface area contributed by atoms with Crippen molar-refractivity contribution in [3.8, 4) is 0 Å². The van der Waals surface area contributed by atoms with Gasteiger partial charge in [-0.05, 0) is 81.5 Å². The third-order valence-corrected chi connectivity index (χ3v) is 7.89. The number of carbonyl (C=O) groups is 1. The highest BCUT2D eigenvalue weighted by atomic mass is 32.1. The Hall–Kier alpha value is -1.39. The molecule has 0 radical (unpaired) electrons. The molecule has 1 aromatic heterocycles. The molecule has 1 unspecified atom stereocenters. The fraction of sp³-hybridized carbons (Fsp3) is 0.571. The molecule has 25 heavy (non-hydrogen) atoms. The highest BCUT2D eigenvalue weighted by molar-refractivity contribution is 7.21. The molecule has 0 spiro atoms. The van der Waals surface area contributed by atoms with Gasteiger partial charge in [0.2, 0.25) is 0 Å². The first kappa shape index (κ1) is 15.8. The fourth-order valence-electron chi connectivity index (χ4n) is 5.00. The molecule has 1 saturated carbocycles. The maximum absolute atomic E-state index is 13.0. The van der Waals surface area contributed by atoms with E-state index < -0.39 is 0 Å². The summed E-state index contributed by atoms with van der Waals surface area (Å²) in [5.74, 6) is 1.47. The Morgan fingerprint density at radius 2 is 1.96 bits per heavy atom. The van der Waals surface area contributed by atoms with Crippen LogP contribution in [0.5, 0.6) is 0 Å². The predicted octanol–water partition coefficient (Wildman–Crippen LogP) is 4.38. The first-order valence-corrected chi connectivity index (χ1v) is 10.4. The summed E-state index contributed by atoms with van der Waals surface area (Å²) in [5.41, 5.74) is 1.51. The van der Waals surface area contributed by atoms with E-state index in [0.717, 1.165) is 10.8 Å². The Bertz CT molecular complexity index is 828. The van der Waals surface area contributed by atoms with Gasteiger partial charge in [0.15, 0.2) is 0 Å². The maximum atomic E-state index is 13.0. The van der Waals surface area contributed by atoms with Gasteiger partial charge in [-0.15, -0.1) is 11.3 Å². The van der Waals surface area contributed by atoms with Crippen LogP contribution in [0.1, 0.15) is 60.7 Å². The van der Waals surface area contributed by atoms with E-state index in [9.17, 15) is 4.79 Å². The number of rotatable bonds is 3. The lowest BCUT2D eigenvalue weighted by molar-refractivity contribution is -0.0377. The van der Waals surface area contributed by atoms with E-state index in [1.807, 2.05) is 0 Å². The highest BCUT2D eigenvalue weighted by Crippen LogP contribution is 2.45. The molecule has 3 saturated heterocycles. The molecule has 4 heterocycles. The van der Waals surface area contributed by atoms with Gasteiger partial charge in [-0.2, -0.15) is 0 Å². The lowest BCUT2D eigenvalue weighted by Gasteiger charge is -2.56. The van der Waals surface area contributed by atoms with Crippen LogP contribution in [-0.2, 0) is 0 Å². The van der Waals surface area contributed by atoms with Gasteiger partial charge in [0, 0.05) is 16.3 Å². The monoisotopic (exact) mass is 354 g/mol. The van der Waals surface area contributed by atoms with E-state index in [0.29, 0.717) is 5.92 Å². The van der Waals surface area contributed by atoms with Gasteiger partial charge >= 0.3 is 0 Å². The number of fused-ring (bicyclic) bond motifs is 4. The number of piperidine rings is 3. The van der Waals surface area contributed by atoms with Crippen LogP contribution in [0, 0.1) is 5.92 Å². The van der Waals surface area contributed by atoms with Crippen LogP contribution in [0.3, 0.4) is 0 Å². The van der Waals surface area contributed by atoms with Crippen molar-refractivity contribution in [2.24, 2.45) is 5.92 Å². The van der Waals surface area contributed by atoms with Gasteiger partial charge in [-0.1, -0.05) is 18.2 Å². The Morgan fingerprint density at radius 3 is 2.64 bits per heavy atom. The van der Waals surface area contributed by atoms with E-state index in [1.165, 1.54) is 54.4 Å². The van der Waals surface area contributed by atoms with Crippen molar-refractivity contribution < 1.29 is 4.79 Å². The largest absolute Gasteiger partial charge is 0.346 e. The highest BCUT2D eigenvalue weighted by Gasteiger charge is 2.48. The average Bonchev–Trinajstić information content (AvgIpc) is 3.35. The Labute approximate surface area is 153 Å². The van der Waals surface area contributed by atoms with Crippen molar-refractivity contribution in [2.45, 2.75) is 57.0 Å². The summed E-state index contributed by atoms with van der Waals surface area (Å²) in [6.07, 6.45) is 5.03. The third kappa shape index (κ3) is 2.53. The Balaban J connectivity index is 1.43. The second-order valence-electron chi connectivity index (χ2n) is 8.58. The first-order valence-electron chi connectivity index (χ1n) is 9.62. The zero-order valence-electron chi connectivity index (χ0n) is 15.0. The van der Waals surface area contributed by atoms with Gasteiger partial charge in [-0.25, -0.2) is 0 Å². The normalized spacial score (nSPS) is 30.6. The second-order valence-corrected chi connectivity index (χ2v) is 9.63. The van der Waals surface area contributed by atoms with Crippen LogP contribution < -0.4 is 5.32 Å². The van der Waals surface area contributed by atoms with E-state index >= 15 is 0 Å². The fourth-order valence-corrected chi connectivity index (χ4v) is 6.16. The van der Waals surface area contributed by atoms with Crippen LogP contribution in [-0.4, -0.2) is 35.5 Å². The molecular formula is C21H26N2OS. The SMILES string of the molecule is CC1(C)C(NC(=O)c2cc3cccc(C4CC4)c3s2)C2CCN1CC2. The quantitative estimate of drug-likeness (QED) is 0.887. The van der Waals surface area contributed by atoms with E-state index in [4.69, 9.17) is 0 Å². The summed E-state index contributed by atoms with van der Waals surface area (Å²) in [6, 6.07) is 8.88. The lowest BCUT2D eigenvalue weighted by Crippen LogP contribution is -2.69. The zero-order chi connectivity index (χ0) is 17.2. The van der Waals surface area contributed by atoms with E-state index in [2.05, 4.69) is 48.3 Å². The molecule has 4 fully saturated rings. The predicted molar refractivity (Wildman–Crippen MR) is 103 cm³/mol. The molecule has 1 aromatic carbocycles. The molecule has 4 aliphatic rings. The summed E-state index contributed by atoms with van der Waals surface area (Å²) in [5, 5.41) is 4.64. The molecule has 1 atom stereocenters. The van der Waals surface area contributed by atoms with Crippen LogP contribution >= 0.6 is 11.3 Å².